The molecule has 2 heterocycles. The number of pyridine rings is 1. The van der Waals surface area contributed by atoms with Gasteiger partial charge >= 0.3 is 0 Å². The van der Waals surface area contributed by atoms with Crippen molar-refractivity contribution in [2.24, 2.45) is 0 Å². The molecule has 0 saturated heterocycles. The summed E-state index contributed by atoms with van der Waals surface area (Å²) in [6.07, 6.45) is 4.71. The molecule has 29 heavy (non-hydrogen) atoms. The van der Waals surface area contributed by atoms with Gasteiger partial charge in [-0.1, -0.05) is 0 Å². The topological polar surface area (TPSA) is 103 Å². The molecule has 0 bridgehead atoms. The Morgan fingerprint density at radius 3 is 2.34 bits per heavy atom. The van der Waals surface area contributed by atoms with Crippen molar-refractivity contribution < 1.29 is 23.5 Å². The lowest BCUT2D eigenvalue weighted by molar-refractivity contribution is 0.0940. The lowest BCUT2D eigenvalue weighted by atomic mass is 10.1. The summed E-state index contributed by atoms with van der Waals surface area (Å²) < 4.78 is 15.7. The first-order valence-corrected chi connectivity index (χ1v) is 8.85. The Kier molecular flexibility index (Phi) is 6.13. The Morgan fingerprint density at radius 1 is 1.03 bits per heavy atom. The van der Waals surface area contributed by atoms with Gasteiger partial charge in [0, 0.05) is 18.5 Å². The highest BCUT2D eigenvalue weighted by Gasteiger charge is 2.21. The summed E-state index contributed by atoms with van der Waals surface area (Å²) in [7, 11) is 2.95. The summed E-state index contributed by atoms with van der Waals surface area (Å²) in [5.74, 6) is -0.00838. The zero-order chi connectivity index (χ0) is 20.8. The Bertz CT molecular complexity index is 987. The number of furan rings is 1. The van der Waals surface area contributed by atoms with Gasteiger partial charge in [-0.05, 0) is 42.8 Å². The maximum absolute atomic E-state index is 13.0. The highest BCUT2D eigenvalue weighted by atomic mass is 16.5. The Balaban J connectivity index is 1.92. The molecule has 0 aliphatic carbocycles. The van der Waals surface area contributed by atoms with Crippen molar-refractivity contribution >= 4 is 17.5 Å². The maximum atomic E-state index is 13.0. The van der Waals surface area contributed by atoms with E-state index in [-0.39, 0.29) is 29.0 Å². The van der Waals surface area contributed by atoms with Crippen molar-refractivity contribution in [1.29, 1.82) is 0 Å². The van der Waals surface area contributed by atoms with Crippen LogP contribution in [-0.2, 0) is 0 Å². The molecule has 0 spiro atoms. The van der Waals surface area contributed by atoms with Gasteiger partial charge in [-0.2, -0.15) is 0 Å². The van der Waals surface area contributed by atoms with Gasteiger partial charge in [-0.15, -0.1) is 0 Å². The third-order valence-electron chi connectivity index (χ3n) is 4.32. The second-order valence-electron chi connectivity index (χ2n) is 6.16. The molecule has 2 aromatic heterocycles. The summed E-state index contributed by atoms with van der Waals surface area (Å²) in [4.78, 5) is 29.4. The number of carbonyl (C=O) groups is 2. The van der Waals surface area contributed by atoms with E-state index in [4.69, 9.17) is 13.9 Å². The van der Waals surface area contributed by atoms with Crippen LogP contribution in [0.2, 0.25) is 0 Å². The number of anilines is 1. The van der Waals surface area contributed by atoms with Crippen LogP contribution in [0.15, 0.2) is 59.5 Å². The van der Waals surface area contributed by atoms with Crippen LogP contribution in [-0.4, -0.2) is 31.0 Å². The summed E-state index contributed by atoms with van der Waals surface area (Å²) in [6.45, 7) is 1.86. The van der Waals surface area contributed by atoms with Crippen molar-refractivity contribution in [3.8, 4) is 11.5 Å². The number of methoxy groups -OCH3 is 2. The fourth-order valence-electron chi connectivity index (χ4n) is 2.77. The smallest absolute Gasteiger partial charge is 0.291 e. The van der Waals surface area contributed by atoms with Gasteiger partial charge in [-0.3, -0.25) is 14.6 Å². The van der Waals surface area contributed by atoms with E-state index in [1.807, 2.05) is 19.1 Å². The number of benzene rings is 1. The third kappa shape index (κ3) is 4.55. The van der Waals surface area contributed by atoms with Crippen LogP contribution in [0.1, 0.15) is 39.4 Å². The molecule has 2 N–H and O–H groups in total. The van der Waals surface area contributed by atoms with E-state index in [1.165, 1.54) is 38.7 Å². The number of rotatable bonds is 7. The largest absolute Gasteiger partial charge is 0.493 e. The van der Waals surface area contributed by atoms with Crippen LogP contribution in [0.5, 0.6) is 11.5 Å². The normalized spacial score (nSPS) is 11.4. The van der Waals surface area contributed by atoms with Gasteiger partial charge in [0.05, 0.1) is 37.8 Å². The lowest BCUT2D eigenvalue weighted by Gasteiger charge is -2.18. The Morgan fingerprint density at radius 2 is 1.72 bits per heavy atom. The predicted molar refractivity (Wildman–Crippen MR) is 106 cm³/mol. The van der Waals surface area contributed by atoms with Gasteiger partial charge < -0.3 is 24.5 Å². The van der Waals surface area contributed by atoms with Crippen LogP contribution in [0, 0.1) is 0 Å². The number of carbonyl (C=O) groups excluding carboxylic acids is 2. The molecule has 2 amide bonds. The fraction of sp³-hybridized carbons (Fsp3) is 0.190. The van der Waals surface area contributed by atoms with Gasteiger partial charge in [0.2, 0.25) is 0 Å². The molecule has 1 unspecified atom stereocenters. The Labute approximate surface area is 167 Å². The average Bonchev–Trinajstić information content (AvgIpc) is 3.29. The molecule has 8 heteroatoms. The zero-order valence-electron chi connectivity index (χ0n) is 16.3. The second kappa shape index (κ2) is 8.92. The fourth-order valence-corrected chi connectivity index (χ4v) is 2.77. The molecule has 0 fully saturated rings. The number of amides is 2. The molecule has 1 atom stereocenters. The van der Waals surface area contributed by atoms with E-state index < -0.39 is 5.91 Å². The molecular weight excluding hydrogens is 374 g/mol. The Hall–Kier alpha value is -3.81. The molecule has 3 aromatic rings. The van der Waals surface area contributed by atoms with Crippen molar-refractivity contribution in [2.75, 3.05) is 19.5 Å². The first-order valence-electron chi connectivity index (χ1n) is 8.85. The summed E-state index contributed by atoms with van der Waals surface area (Å²) in [6, 6.07) is 9.55. The van der Waals surface area contributed by atoms with Gasteiger partial charge in [0.25, 0.3) is 11.8 Å². The van der Waals surface area contributed by atoms with Crippen LogP contribution in [0.4, 0.5) is 5.69 Å². The molecule has 0 aliphatic heterocycles. The summed E-state index contributed by atoms with van der Waals surface area (Å²) in [5.41, 5.74) is 1.39. The SMILES string of the molecule is COc1cc(NC(=O)c2ccco2)c(C(=O)NC(C)c2ccncc2)cc1OC. The van der Waals surface area contributed by atoms with E-state index in [0.29, 0.717) is 11.5 Å². The van der Waals surface area contributed by atoms with Gasteiger partial charge in [0.1, 0.15) is 0 Å². The number of nitrogens with one attached hydrogen (secondary N) is 2. The van der Waals surface area contributed by atoms with Gasteiger partial charge in [0.15, 0.2) is 17.3 Å². The molecule has 1 aromatic carbocycles. The highest BCUT2D eigenvalue weighted by molar-refractivity contribution is 6.08. The molecule has 0 radical (unpaired) electrons. The van der Waals surface area contributed by atoms with E-state index in [9.17, 15) is 9.59 Å². The minimum absolute atomic E-state index is 0.122. The van der Waals surface area contributed by atoms with E-state index >= 15 is 0 Å². The molecule has 150 valence electrons. The molecule has 8 nitrogen and oxygen atoms in total. The van der Waals surface area contributed by atoms with Crippen LogP contribution in [0.3, 0.4) is 0 Å². The first-order chi connectivity index (χ1) is 14.0. The molecule has 3 rings (SSSR count). The summed E-state index contributed by atoms with van der Waals surface area (Å²) >= 11 is 0. The number of ether oxygens (including phenoxy) is 2. The number of aromatic nitrogens is 1. The molecule has 0 aliphatic rings. The highest BCUT2D eigenvalue weighted by Crippen LogP contribution is 2.34. The van der Waals surface area contributed by atoms with E-state index in [0.717, 1.165) is 5.56 Å². The molecule has 0 saturated carbocycles. The van der Waals surface area contributed by atoms with E-state index in [1.54, 1.807) is 18.5 Å². The van der Waals surface area contributed by atoms with Crippen molar-refractivity contribution in [3.63, 3.8) is 0 Å². The van der Waals surface area contributed by atoms with Crippen LogP contribution in [0.25, 0.3) is 0 Å². The average molecular weight is 395 g/mol. The predicted octanol–water partition coefficient (Wildman–Crippen LogP) is 3.44. The second-order valence-corrected chi connectivity index (χ2v) is 6.16. The van der Waals surface area contributed by atoms with Crippen LogP contribution >= 0.6 is 0 Å². The third-order valence-corrected chi connectivity index (χ3v) is 4.32. The van der Waals surface area contributed by atoms with Crippen molar-refractivity contribution in [1.82, 2.24) is 10.3 Å². The monoisotopic (exact) mass is 395 g/mol. The van der Waals surface area contributed by atoms with Crippen molar-refractivity contribution in [3.05, 3.63) is 71.9 Å². The zero-order valence-corrected chi connectivity index (χ0v) is 16.3. The van der Waals surface area contributed by atoms with Gasteiger partial charge in [-0.25, -0.2) is 0 Å². The minimum Gasteiger partial charge on any atom is -0.493 e. The number of nitrogens with zero attached hydrogens (tertiary/aromatic N) is 1. The summed E-state index contributed by atoms with van der Waals surface area (Å²) in [5, 5.41) is 5.61. The van der Waals surface area contributed by atoms with Crippen molar-refractivity contribution in [2.45, 2.75) is 13.0 Å². The van der Waals surface area contributed by atoms with Crippen LogP contribution < -0.4 is 20.1 Å². The maximum Gasteiger partial charge on any atom is 0.291 e. The molecular formula is C21H21N3O5. The number of hydrogen-bond acceptors (Lipinski definition) is 6. The minimum atomic E-state index is -0.488. The standard InChI is InChI=1S/C21H21N3O5/c1-13(14-6-8-22-9-7-14)23-20(25)15-11-18(27-2)19(28-3)12-16(15)24-21(26)17-5-4-10-29-17/h4-13H,1-3H3,(H,23,25)(H,24,26). The first kappa shape index (κ1) is 19.9. The lowest BCUT2D eigenvalue weighted by Crippen LogP contribution is -2.28. The number of hydrogen-bond donors (Lipinski definition) is 2. The van der Waals surface area contributed by atoms with E-state index in [2.05, 4.69) is 15.6 Å². The quantitative estimate of drug-likeness (QED) is 0.635.